The molecule has 1 aliphatic heterocycles. The molecule has 1 heterocycles. The monoisotopic (exact) mass is 317 g/mol. The maximum atomic E-state index is 12.4. The van der Waals surface area contributed by atoms with Crippen molar-refractivity contribution in [3.05, 3.63) is 0 Å². The minimum atomic E-state index is -0.696. The quantitative estimate of drug-likeness (QED) is 0.690. The lowest BCUT2D eigenvalue weighted by Crippen LogP contribution is -2.58. The summed E-state index contributed by atoms with van der Waals surface area (Å²) in [5.41, 5.74) is 5.46. The van der Waals surface area contributed by atoms with E-state index in [0.717, 1.165) is 0 Å². The highest BCUT2D eigenvalue weighted by Gasteiger charge is 2.56. The molecule has 1 unspecified atom stereocenters. The molecule has 120 valence electrons. The zero-order valence-electron chi connectivity index (χ0n) is 13.1. The number of thioether (sulfide) groups is 1. The second kappa shape index (κ2) is 6.23. The highest BCUT2D eigenvalue weighted by Crippen LogP contribution is 2.50. The molecule has 0 saturated carbocycles. The first-order valence-corrected chi connectivity index (χ1v) is 7.45. The molecule has 0 aromatic heterocycles. The summed E-state index contributed by atoms with van der Waals surface area (Å²) >= 11 is 1.53. The lowest BCUT2D eigenvalue weighted by molar-refractivity contribution is -0.144. The smallest absolute Gasteiger partial charge is 0.325 e. The van der Waals surface area contributed by atoms with Crippen molar-refractivity contribution in [2.24, 2.45) is 5.73 Å². The summed E-state index contributed by atoms with van der Waals surface area (Å²) in [7, 11) is 1.25. The number of hydrogen-bond acceptors (Lipinski definition) is 6. The Hall–Kier alpha value is -1.28. The Kier molecular flexibility index (Phi) is 5.27. The highest BCUT2D eigenvalue weighted by molar-refractivity contribution is 8.02. The summed E-state index contributed by atoms with van der Waals surface area (Å²) in [6.07, 6.45) is 0. The second-order valence-electron chi connectivity index (χ2n) is 5.82. The molecule has 1 saturated heterocycles. The van der Waals surface area contributed by atoms with E-state index in [1.54, 1.807) is 0 Å². The van der Waals surface area contributed by atoms with Crippen molar-refractivity contribution in [1.29, 1.82) is 0 Å². The molecule has 2 amide bonds. The van der Waals surface area contributed by atoms with Gasteiger partial charge in [0.15, 0.2) is 0 Å². The Morgan fingerprint density at radius 3 is 2.33 bits per heavy atom. The lowest BCUT2D eigenvalue weighted by atomic mass is 9.99. The van der Waals surface area contributed by atoms with Crippen molar-refractivity contribution in [2.75, 3.05) is 20.2 Å². The largest absolute Gasteiger partial charge is 0.468 e. The van der Waals surface area contributed by atoms with E-state index in [1.807, 2.05) is 27.7 Å². The second-order valence-corrected chi connectivity index (χ2v) is 8.07. The van der Waals surface area contributed by atoms with E-state index in [2.05, 4.69) is 10.1 Å². The summed E-state index contributed by atoms with van der Waals surface area (Å²) in [6, 6.07) is -0.696. The minimum absolute atomic E-state index is 0.166. The van der Waals surface area contributed by atoms with Crippen LogP contribution in [0.5, 0.6) is 0 Å². The van der Waals surface area contributed by atoms with Crippen LogP contribution < -0.4 is 11.1 Å². The van der Waals surface area contributed by atoms with Crippen molar-refractivity contribution in [3.63, 3.8) is 0 Å². The van der Waals surface area contributed by atoms with E-state index < -0.39 is 21.6 Å². The number of methoxy groups -OCH3 is 1. The molecule has 0 spiro atoms. The van der Waals surface area contributed by atoms with Crippen LogP contribution in [-0.2, 0) is 19.1 Å². The number of nitrogens with zero attached hydrogens (tertiary/aromatic N) is 1. The molecule has 1 aliphatic rings. The van der Waals surface area contributed by atoms with Gasteiger partial charge in [0.1, 0.15) is 12.6 Å². The van der Waals surface area contributed by atoms with Gasteiger partial charge in [-0.3, -0.25) is 14.4 Å². The van der Waals surface area contributed by atoms with Gasteiger partial charge in [0.2, 0.25) is 11.8 Å². The molecular weight excluding hydrogens is 294 g/mol. The third kappa shape index (κ3) is 3.68. The van der Waals surface area contributed by atoms with Crippen LogP contribution >= 0.6 is 11.8 Å². The molecule has 0 aromatic carbocycles. The van der Waals surface area contributed by atoms with Crippen molar-refractivity contribution in [3.8, 4) is 0 Å². The number of nitrogens with two attached hydrogens (primary N) is 1. The average molecular weight is 317 g/mol. The van der Waals surface area contributed by atoms with E-state index in [0.29, 0.717) is 0 Å². The van der Waals surface area contributed by atoms with Gasteiger partial charge in [-0.1, -0.05) is 0 Å². The SMILES string of the molecule is COC(=O)CNC(=O)C1N(C(=O)CN)C(C)(C)SC1(C)C. The van der Waals surface area contributed by atoms with Gasteiger partial charge in [-0.25, -0.2) is 0 Å². The van der Waals surface area contributed by atoms with Crippen LogP contribution in [0.4, 0.5) is 0 Å². The molecule has 0 radical (unpaired) electrons. The maximum Gasteiger partial charge on any atom is 0.325 e. The zero-order chi connectivity index (χ0) is 16.4. The van der Waals surface area contributed by atoms with Gasteiger partial charge >= 0.3 is 5.97 Å². The van der Waals surface area contributed by atoms with Gasteiger partial charge in [-0.05, 0) is 27.7 Å². The van der Waals surface area contributed by atoms with E-state index >= 15 is 0 Å². The summed E-state index contributed by atoms with van der Waals surface area (Å²) in [5, 5.41) is 2.52. The van der Waals surface area contributed by atoms with Gasteiger partial charge in [0, 0.05) is 4.75 Å². The zero-order valence-corrected chi connectivity index (χ0v) is 13.9. The van der Waals surface area contributed by atoms with Crippen LogP contribution in [0.1, 0.15) is 27.7 Å². The predicted octanol–water partition coefficient (Wildman–Crippen LogP) is -0.307. The molecule has 7 nitrogen and oxygen atoms in total. The standard InChI is InChI=1S/C13H23N3O4S/c1-12(2)10(11(19)15-7-9(18)20-5)16(8(17)6-14)13(3,4)21-12/h10H,6-7,14H2,1-5H3,(H,15,19). The number of ether oxygens (including phenoxy) is 1. The number of rotatable bonds is 4. The normalized spacial score (nSPS) is 22.8. The van der Waals surface area contributed by atoms with Crippen LogP contribution in [0.15, 0.2) is 0 Å². The van der Waals surface area contributed by atoms with Gasteiger partial charge in [-0.15, -0.1) is 11.8 Å². The summed E-state index contributed by atoms with van der Waals surface area (Å²) < 4.78 is 4.00. The van der Waals surface area contributed by atoms with Gasteiger partial charge in [-0.2, -0.15) is 0 Å². The molecule has 1 fully saturated rings. The van der Waals surface area contributed by atoms with Crippen molar-refractivity contribution in [2.45, 2.75) is 43.4 Å². The molecule has 1 rings (SSSR count). The third-order valence-corrected chi connectivity index (χ3v) is 4.78. The summed E-state index contributed by atoms with van der Waals surface area (Å²) in [6.45, 7) is 7.15. The minimum Gasteiger partial charge on any atom is -0.468 e. The maximum absolute atomic E-state index is 12.4. The molecule has 21 heavy (non-hydrogen) atoms. The Morgan fingerprint density at radius 1 is 1.29 bits per heavy atom. The van der Waals surface area contributed by atoms with Crippen LogP contribution in [0.3, 0.4) is 0 Å². The first kappa shape index (κ1) is 17.8. The Labute approximate surface area is 128 Å². The molecule has 3 N–H and O–H groups in total. The van der Waals surface area contributed by atoms with Crippen molar-refractivity contribution >= 4 is 29.5 Å². The number of amides is 2. The Bertz CT molecular complexity index is 451. The van der Waals surface area contributed by atoms with Gasteiger partial charge in [0.25, 0.3) is 0 Å². The molecule has 1 atom stereocenters. The van der Waals surface area contributed by atoms with E-state index in [4.69, 9.17) is 5.73 Å². The number of carbonyl (C=O) groups is 3. The topological polar surface area (TPSA) is 102 Å². The molecule has 8 heteroatoms. The molecule has 0 aliphatic carbocycles. The van der Waals surface area contributed by atoms with Crippen molar-refractivity contribution < 1.29 is 19.1 Å². The average Bonchev–Trinajstić information content (AvgIpc) is 2.58. The molecule has 0 aromatic rings. The summed E-state index contributed by atoms with van der Waals surface area (Å²) in [5.74, 6) is -1.22. The van der Waals surface area contributed by atoms with E-state index in [-0.39, 0.29) is 24.9 Å². The number of carbonyl (C=O) groups excluding carboxylic acids is 3. The van der Waals surface area contributed by atoms with E-state index in [9.17, 15) is 14.4 Å². The predicted molar refractivity (Wildman–Crippen MR) is 80.5 cm³/mol. The number of nitrogens with one attached hydrogen (secondary N) is 1. The molecule has 0 bridgehead atoms. The fourth-order valence-electron chi connectivity index (χ4n) is 2.67. The van der Waals surface area contributed by atoms with Gasteiger partial charge < -0.3 is 20.7 Å². The third-order valence-electron chi connectivity index (χ3n) is 3.34. The first-order valence-electron chi connectivity index (χ1n) is 6.63. The number of hydrogen-bond donors (Lipinski definition) is 2. The Balaban J connectivity index is 3.01. The van der Waals surface area contributed by atoms with Crippen LogP contribution in [-0.4, -0.2) is 58.5 Å². The fraction of sp³-hybridized carbons (Fsp3) is 0.769. The Morgan fingerprint density at radius 2 is 1.86 bits per heavy atom. The van der Waals surface area contributed by atoms with Crippen LogP contribution in [0.25, 0.3) is 0 Å². The van der Waals surface area contributed by atoms with Gasteiger partial charge in [0.05, 0.1) is 18.5 Å². The first-order chi connectivity index (χ1) is 9.56. The van der Waals surface area contributed by atoms with Crippen molar-refractivity contribution in [1.82, 2.24) is 10.2 Å². The number of esters is 1. The van der Waals surface area contributed by atoms with Crippen LogP contribution in [0.2, 0.25) is 0 Å². The molecular formula is C13H23N3O4S. The lowest BCUT2D eigenvalue weighted by Gasteiger charge is -2.34. The summed E-state index contributed by atoms with van der Waals surface area (Å²) in [4.78, 5) is 36.7. The highest BCUT2D eigenvalue weighted by atomic mass is 32.2. The van der Waals surface area contributed by atoms with Crippen LogP contribution in [0, 0.1) is 0 Å². The van der Waals surface area contributed by atoms with E-state index in [1.165, 1.54) is 23.8 Å². The fourth-order valence-corrected chi connectivity index (χ4v) is 4.59.